The first-order valence-electron chi connectivity index (χ1n) is 4.95. The topological polar surface area (TPSA) is 32.3 Å². The molecule has 1 aliphatic heterocycles. The molecule has 1 unspecified atom stereocenters. The summed E-state index contributed by atoms with van der Waals surface area (Å²) in [4.78, 5) is 13.4. The van der Waals surface area contributed by atoms with E-state index >= 15 is 0 Å². The molecule has 0 radical (unpaired) electrons. The molecule has 0 bridgehead atoms. The summed E-state index contributed by atoms with van der Waals surface area (Å²) in [6.45, 7) is 7.74. The summed E-state index contributed by atoms with van der Waals surface area (Å²) in [5, 5.41) is 3.19. The zero-order valence-corrected chi connectivity index (χ0v) is 9.31. The maximum Gasteiger partial charge on any atom is 0.317 e. The lowest BCUT2D eigenvalue weighted by molar-refractivity contribution is 0.171. The van der Waals surface area contributed by atoms with Gasteiger partial charge in [-0.15, -0.1) is 0 Å². The number of rotatable bonds is 2. The number of nitrogens with zero attached hydrogens (tertiary/aromatic N) is 1. The number of hydrogen-bond donors (Lipinski definition) is 1. The van der Waals surface area contributed by atoms with Crippen LogP contribution in [0.25, 0.3) is 0 Å². The minimum absolute atomic E-state index is 0.0293. The molecule has 0 aliphatic carbocycles. The van der Waals surface area contributed by atoms with Crippen LogP contribution in [-0.4, -0.2) is 30.6 Å². The van der Waals surface area contributed by atoms with E-state index in [1.54, 1.807) is 0 Å². The van der Waals surface area contributed by atoms with Crippen molar-refractivity contribution in [3.63, 3.8) is 0 Å². The first kappa shape index (κ1) is 11.4. The van der Waals surface area contributed by atoms with E-state index < -0.39 is 0 Å². The molecule has 0 saturated carbocycles. The van der Waals surface area contributed by atoms with Gasteiger partial charge >= 0.3 is 6.03 Å². The van der Waals surface area contributed by atoms with Gasteiger partial charge in [-0.2, -0.15) is 0 Å². The van der Waals surface area contributed by atoms with Crippen molar-refractivity contribution in [1.29, 1.82) is 0 Å². The number of amides is 2. The Morgan fingerprint density at radius 2 is 2.43 bits per heavy atom. The van der Waals surface area contributed by atoms with Gasteiger partial charge < -0.3 is 10.2 Å². The second kappa shape index (κ2) is 5.25. The fourth-order valence-electron chi connectivity index (χ4n) is 1.66. The number of halogens is 1. The normalized spacial score (nSPS) is 21.9. The van der Waals surface area contributed by atoms with Gasteiger partial charge in [-0.1, -0.05) is 25.1 Å². The first-order valence-corrected chi connectivity index (χ1v) is 5.33. The van der Waals surface area contributed by atoms with Gasteiger partial charge in [0.2, 0.25) is 0 Å². The number of nitrogens with one attached hydrogen (secondary N) is 1. The maximum atomic E-state index is 11.6. The predicted octanol–water partition coefficient (Wildman–Crippen LogP) is 2.18. The molecule has 1 saturated heterocycles. The van der Waals surface area contributed by atoms with Gasteiger partial charge in [0.15, 0.2) is 0 Å². The standard InChI is InChI=1S/C10H17ClN2O/c1-8-4-3-5-13(7-8)10(14)12-6-9(2)11/h8H,2-7H2,1H3,(H,12,14). The van der Waals surface area contributed by atoms with Crippen molar-refractivity contribution < 1.29 is 4.79 Å². The summed E-state index contributed by atoms with van der Waals surface area (Å²) in [7, 11) is 0. The van der Waals surface area contributed by atoms with Crippen molar-refractivity contribution >= 4 is 17.6 Å². The van der Waals surface area contributed by atoms with Crippen molar-refractivity contribution in [2.45, 2.75) is 19.8 Å². The van der Waals surface area contributed by atoms with E-state index in [0.717, 1.165) is 19.5 Å². The lowest BCUT2D eigenvalue weighted by Gasteiger charge is -2.30. The molecule has 14 heavy (non-hydrogen) atoms. The Balaban J connectivity index is 2.32. The van der Waals surface area contributed by atoms with E-state index in [0.29, 0.717) is 17.5 Å². The van der Waals surface area contributed by atoms with Crippen molar-refractivity contribution in [2.75, 3.05) is 19.6 Å². The van der Waals surface area contributed by atoms with Crippen LogP contribution in [0.2, 0.25) is 0 Å². The molecule has 1 atom stereocenters. The molecule has 0 aromatic rings. The Hall–Kier alpha value is -0.700. The Morgan fingerprint density at radius 1 is 1.71 bits per heavy atom. The SMILES string of the molecule is C=C(Cl)CNC(=O)N1CCCC(C)C1. The third kappa shape index (κ3) is 3.58. The largest absolute Gasteiger partial charge is 0.333 e. The average molecular weight is 217 g/mol. The van der Waals surface area contributed by atoms with Crippen LogP contribution in [0.5, 0.6) is 0 Å². The molecular formula is C10H17ClN2O. The Kier molecular flexibility index (Phi) is 4.26. The maximum absolute atomic E-state index is 11.6. The van der Waals surface area contributed by atoms with E-state index in [-0.39, 0.29) is 6.03 Å². The van der Waals surface area contributed by atoms with Crippen LogP contribution in [0.15, 0.2) is 11.6 Å². The van der Waals surface area contributed by atoms with Crippen molar-refractivity contribution in [3.8, 4) is 0 Å². The fourth-order valence-corrected chi connectivity index (χ4v) is 1.72. The summed E-state index contributed by atoms with van der Waals surface area (Å²) in [5.74, 6) is 0.605. The van der Waals surface area contributed by atoms with Crippen LogP contribution in [0.1, 0.15) is 19.8 Å². The minimum Gasteiger partial charge on any atom is -0.333 e. The molecule has 80 valence electrons. The Morgan fingerprint density at radius 3 is 3.00 bits per heavy atom. The van der Waals surface area contributed by atoms with Gasteiger partial charge in [-0.05, 0) is 18.8 Å². The Bertz CT molecular complexity index is 230. The molecule has 2 amide bonds. The molecular weight excluding hydrogens is 200 g/mol. The van der Waals surface area contributed by atoms with Gasteiger partial charge in [-0.25, -0.2) is 4.79 Å². The number of urea groups is 1. The van der Waals surface area contributed by atoms with E-state index in [1.165, 1.54) is 6.42 Å². The molecule has 1 aliphatic rings. The smallest absolute Gasteiger partial charge is 0.317 e. The van der Waals surface area contributed by atoms with Gasteiger partial charge in [0.25, 0.3) is 0 Å². The fraction of sp³-hybridized carbons (Fsp3) is 0.700. The number of likely N-dealkylation sites (tertiary alicyclic amines) is 1. The highest BCUT2D eigenvalue weighted by atomic mass is 35.5. The van der Waals surface area contributed by atoms with Crippen molar-refractivity contribution in [2.24, 2.45) is 5.92 Å². The van der Waals surface area contributed by atoms with Gasteiger partial charge in [0, 0.05) is 18.1 Å². The third-order valence-electron chi connectivity index (χ3n) is 2.38. The molecule has 0 aromatic heterocycles. The minimum atomic E-state index is -0.0293. The molecule has 1 rings (SSSR count). The van der Waals surface area contributed by atoms with E-state index in [2.05, 4.69) is 18.8 Å². The highest BCUT2D eigenvalue weighted by Crippen LogP contribution is 2.15. The number of carbonyl (C=O) groups is 1. The zero-order valence-electron chi connectivity index (χ0n) is 8.55. The van der Waals surface area contributed by atoms with Crippen LogP contribution in [0, 0.1) is 5.92 Å². The quantitative estimate of drug-likeness (QED) is 0.754. The lowest BCUT2D eigenvalue weighted by atomic mass is 10.0. The average Bonchev–Trinajstić information content (AvgIpc) is 2.14. The van der Waals surface area contributed by atoms with E-state index in [9.17, 15) is 4.79 Å². The molecule has 1 fully saturated rings. The summed E-state index contributed by atoms with van der Waals surface area (Å²) >= 11 is 5.56. The number of piperidine rings is 1. The molecule has 1 heterocycles. The Labute approximate surface area is 90.1 Å². The molecule has 0 aromatic carbocycles. The number of carbonyl (C=O) groups excluding carboxylic acids is 1. The van der Waals surface area contributed by atoms with Gasteiger partial charge in [-0.3, -0.25) is 0 Å². The second-order valence-corrected chi connectivity index (χ2v) is 4.40. The van der Waals surface area contributed by atoms with Crippen LogP contribution in [0.4, 0.5) is 4.79 Å². The van der Waals surface area contributed by atoms with Gasteiger partial charge in [0.05, 0.1) is 6.54 Å². The monoisotopic (exact) mass is 216 g/mol. The predicted molar refractivity (Wildman–Crippen MR) is 58.4 cm³/mol. The molecule has 0 spiro atoms. The molecule has 4 heteroatoms. The summed E-state index contributed by atoms with van der Waals surface area (Å²) in [6.07, 6.45) is 2.31. The lowest BCUT2D eigenvalue weighted by Crippen LogP contribution is -2.45. The van der Waals surface area contributed by atoms with Gasteiger partial charge in [0.1, 0.15) is 0 Å². The van der Waals surface area contributed by atoms with Crippen LogP contribution in [-0.2, 0) is 0 Å². The summed E-state index contributed by atoms with van der Waals surface area (Å²) in [5.41, 5.74) is 0. The third-order valence-corrected chi connectivity index (χ3v) is 2.51. The van der Waals surface area contributed by atoms with Crippen LogP contribution < -0.4 is 5.32 Å². The molecule has 1 N–H and O–H groups in total. The van der Waals surface area contributed by atoms with E-state index in [1.807, 2.05) is 4.90 Å². The number of hydrogen-bond acceptors (Lipinski definition) is 1. The summed E-state index contributed by atoms with van der Waals surface area (Å²) < 4.78 is 0. The second-order valence-electron chi connectivity index (χ2n) is 3.87. The zero-order chi connectivity index (χ0) is 10.6. The van der Waals surface area contributed by atoms with Crippen molar-refractivity contribution in [3.05, 3.63) is 11.6 Å². The molecule has 3 nitrogen and oxygen atoms in total. The summed E-state index contributed by atoms with van der Waals surface area (Å²) in [6, 6.07) is -0.0293. The first-order chi connectivity index (χ1) is 6.59. The van der Waals surface area contributed by atoms with Crippen molar-refractivity contribution in [1.82, 2.24) is 10.2 Å². The van der Waals surface area contributed by atoms with E-state index in [4.69, 9.17) is 11.6 Å². The van der Waals surface area contributed by atoms with Crippen LogP contribution >= 0.6 is 11.6 Å². The highest BCUT2D eigenvalue weighted by molar-refractivity contribution is 6.29. The van der Waals surface area contributed by atoms with Crippen LogP contribution in [0.3, 0.4) is 0 Å². The highest BCUT2D eigenvalue weighted by Gasteiger charge is 2.20.